The predicted octanol–water partition coefficient (Wildman–Crippen LogP) is 1.60. The molecule has 1 heterocycles. The first-order chi connectivity index (χ1) is 9.38. The van der Waals surface area contributed by atoms with Gasteiger partial charge in [-0.1, -0.05) is 0 Å². The number of hydrogen-bond donors (Lipinski definition) is 2. The fraction of sp³-hybridized carbons (Fsp3) is 0.167. The minimum atomic E-state index is -1.16. The number of anilines is 2. The second kappa shape index (κ2) is 5.16. The molecule has 0 atom stereocenters. The zero-order chi connectivity index (χ0) is 14.9. The summed E-state index contributed by atoms with van der Waals surface area (Å²) in [7, 11) is 0. The van der Waals surface area contributed by atoms with E-state index in [0.29, 0.717) is 17.5 Å². The second-order valence-electron chi connectivity index (χ2n) is 4.11. The summed E-state index contributed by atoms with van der Waals surface area (Å²) in [5.74, 6) is -3.07. The van der Waals surface area contributed by atoms with Crippen molar-refractivity contribution in [1.82, 2.24) is 15.2 Å². The maximum atomic E-state index is 13.1. The summed E-state index contributed by atoms with van der Waals surface area (Å²) >= 11 is 0. The summed E-state index contributed by atoms with van der Waals surface area (Å²) in [4.78, 5) is 15.9. The quantitative estimate of drug-likeness (QED) is 0.814. The van der Waals surface area contributed by atoms with Gasteiger partial charge in [0, 0.05) is 11.8 Å². The highest BCUT2D eigenvalue weighted by Crippen LogP contribution is 2.18. The van der Waals surface area contributed by atoms with Crippen LogP contribution in [0.5, 0.6) is 0 Å². The van der Waals surface area contributed by atoms with Crippen molar-refractivity contribution in [2.75, 3.05) is 11.1 Å². The van der Waals surface area contributed by atoms with Crippen molar-refractivity contribution >= 4 is 17.5 Å². The Morgan fingerprint density at radius 3 is 2.45 bits per heavy atom. The standard InChI is InChI=1S/C12H11F2N5O/c1-5-6(2)18-19-12(16-5)17-11(20)7-3-8(13)9(14)4-10(7)15/h3-4H,15H2,1-2H3,(H,16,17,19,20). The van der Waals surface area contributed by atoms with Crippen LogP contribution >= 0.6 is 0 Å². The van der Waals surface area contributed by atoms with E-state index < -0.39 is 17.5 Å². The molecule has 20 heavy (non-hydrogen) atoms. The van der Waals surface area contributed by atoms with Gasteiger partial charge in [-0.2, -0.15) is 5.10 Å². The lowest BCUT2D eigenvalue weighted by Crippen LogP contribution is -2.17. The van der Waals surface area contributed by atoms with Gasteiger partial charge < -0.3 is 5.73 Å². The molecule has 0 radical (unpaired) electrons. The third-order valence-electron chi connectivity index (χ3n) is 2.65. The molecule has 2 rings (SSSR count). The molecule has 0 saturated carbocycles. The van der Waals surface area contributed by atoms with Crippen LogP contribution in [-0.2, 0) is 0 Å². The van der Waals surface area contributed by atoms with E-state index in [2.05, 4.69) is 20.5 Å². The minimum absolute atomic E-state index is 0.0396. The molecular formula is C12H11F2N5O. The van der Waals surface area contributed by atoms with Crippen LogP contribution in [0.3, 0.4) is 0 Å². The van der Waals surface area contributed by atoms with Crippen LogP contribution in [-0.4, -0.2) is 21.1 Å². The molecule has 0 saturated heterocycles. The number of halogens is 2. The first-order valence-corrected chi connectivity index (χ1v) is 5.62. The van der Waals surface area contributed by atoms with Crippen LogP contribution in [0, 0.1) is 25.5 Å². The molecule has 0 spiro atoms. The van der Waals surface area contributed by atoms with E-state index in [1.54, 1.807) is 13.8 Å². The molecule has 3 N–H and O–H groups in total. The molecule has 1 aromatic carbocycles. The third kappa shape index (κ3) is 2.68. The Labute approximate surface area is 113 Å². The Kier molecular flexibility index (Phi) is 3.55. The minimum Gasteiger partial charge on any atom is -0.398 e. The SMILES string of the molecule is Cc1nnc(NC(=O)c2cc(F)c(F)cc2N)nc1C. The first kappa shape index (κ1) is 13.8. The van der Waals surface area contributed by atoms with Crippen LogP contribution in [0.25, 0.3) is 0 Å². The van der Waals surface area contributed by atoms with Gasteiger partial charge >= 0.3 is 0 Å². The molecular weight excluding hydrogens is 268 g/mol. The van der Waals surface area contributed by atoms with E-state index in [1.807, 2.05) is 0 Å². The lowest BCUT2D eigenvalue weighted by molar-refractivity contribution is 0.102. The molecule has 0 bridgehead atoms. The van der Waals surface area contributed by atoms with Gasteiger partial charge in [0.2, 0.25) is 5.95 Å². The summed E-state index contributed by atoms with van der Waals surface area (Å²) in [6, 6.07) is 1.46. The normalized spacial score (nSPS) is 10.4. The average molecular weight is 279 g/mol. The Balaban J connectivity index is 2.28. The smallest absolute Gasteiger partial charge is 0.260 e. The zero-order valence-corrected chi connectivity index (χ0v) is 10.7. The lowest BCUT2D eigenvalue weighted by atomic mass is 10.1. The topological polar surface area (TPSA) is 93.8 Å². The van der Waals surface area contributed by atoms with E-state index in [0.717, 1.165) is 6.07 Å². The molecule has 6 nitrogen and oxygen atoms in total. The number of rotatable bonds is 2. The number of aromatic nitrogens is 3. The number of amides is 1. The van der Waals surface area contributed by atoms with Crippen molar-refractivity contribution in [3.05, 3.63) is 40.7 Å². The first-order valence-electron chi connectivity index (χ1n) is 5.62. The molecule has 0 unspecified atom stereocenters. The maximum absolute atomic E-state index is 13.1. The number of hydrogen-bond acceptors (Lipinski definition) is 5. The van der Waals surface area contributed by atoms with Gasteiger partial charge in [-0.25, -0.2) is 13.8 Å². The summed E-state index contributed by atoms with van der Waals surface area (Å²) < 4.78 is 26.0. The Hall–Kier alpha value is -2.64. The van der Waals surface area contributed by atoms with E-state index in [4.69, 9.17) is 5.73 Å². The number of carbonyl (C=O) groups excluding carboxylic acids is 1. The number of aryl methyl sites for hydroxylation is 2. The molecule has 0 fully saturated rings. The number of nitrogens with one attached hydrogen (secondary N) is 1. The molecule has 8 heteroatoms. The summed E-state index contributed by atoms with van der Waals surface area (Å²) in [6.07, 6.45) is 0. The van der Waals surface area contributed by atoms with Crippen LogP contribution in [0.4, 0.5) is 20.4 Å². The average Bonchev–Trinajstić information content (AvgIpc) is 2.38. The second-order valence-corrected chi connectivity index (χ2v) is 4.11. The highest BCUT2D eigenvalue weighted by Gasteiger charge is 2.16. The van der Waals surface area contributed by atoms with Crippen LogP contribution in [0.2, 0.25) is 0 Å². The molecule has 0 aliphatic carbocycles. The Bertz CT molecular complexity index is 690. The van der Waals surface area contributed by atoms with Gasteiger partial charge in [-0.3, -0.25) is 10.1 Å². The molecule has 0 aliphatic heterocycles. The number of nitrogens with two attached hydrogens (primary N) is 1. The van der Waals surface area contributed by atoms with Gasteiger partial charge in [0.25, 0.3) is 5.91 Å². The van der Waals surface area contributed by atoms with Crippen molar-refractivity contribution in [2.45, 2.75) is 13.8 Å². The van der Waals surface area contributed by atoms with E-state index in [9.17, 15) is 13.6 Å². The van der Waals surface area contributed by atoms with E-state index in [1.165, 1.54) is 0 Å². The van der Waals surface area contributed by atoms with Crippen molar-refractivity contribution in [3.63, 3.8) is 0 Å². The van der Waals surface area contributed by atoms with Crippen LogP contribution in [0.1, 0.15) is 21.7 Å². The maximum Gasteiger partial charge on any atom is 0.260 e. The Morgan fingerprint density at radius 2 is 1.80 bits per heavy atom. The van der Waals surface area contributed by atoms with Gasteiger partial charge in [-0.05, 0) is 19.9 Å². The Morgan fingerprint density at radius 1 is 1.15 bits per heavy atom. The van der Waals surface area contributed by atoms with Crippen LogP contribution < -0.4 is 11.1 Å². The van der Waals surface area contributed by atoms with E-state index >= 15 is 0 Å². The van der Waals surface area contributed by atoms with Crippen molar-refractivity contribution in [1.29, 1.82) is 0 Å². The highest BCUT2D eigenvalue weighted by atomic mass is 19.2. The summed E-state index contributed by atoms with van der Waals surface area (Å²) in [6.45, 7) is 3.42. The third-order valence-corrected chi connectivity index (χ3v) is 2.65. The highest BCUT2D eigenvalue weighted by molar-refractivity contribution is 6.06. The largest absolute Gasteiger partial charge is 0.398 e. The zero-order valence-electron chi connectivity index (χ0n) is 10.7. The number of nitrogens with zero attached hydrogens (tertiary/aromatic N) is 3. The lowest BCUT2D eigenvalue weighted by Gasteiger charge is -2.07. The van der Waals surface area contributed by atoms with Crippen molar-refractivity contribution in [2.24, 2.45) is 0 Å². The fourth-order valence-electron chi connectivity index (χ4n) is 1.44. The van der Waals surface area contributed by atoms with E-state index in [-0.39, 0.29) is 17.2 Å². The number of carbonyl (C=O) groups is 1. The summed E-state index contributed by atoms with van der Waals surface area (Å²) in [5, 5.41) is 9.78. The molecule has 1 amide bonds. The van der Waals surface area contributed by atoms with Crippen LogP contribution in [0.15, 0.2) is 12.1 Å². The predicted molar refractivity (Wildman–Crippen MR) is 68.0 cm³/mol. The van der Waals surface area contributed by atoms with Crippen molar-refractivity contribution in [3.8, 4) is 0 Å². The van der Waals surface area contributed by atoms with Gasteiger partial charge in [-0.15, -0.1) is 5.10 Å². The van der Waals surface area contributed by atoms with Crippen molar-refractivity contribution < 1.29 is 13.6 Å². The molecule has 104 valence electrons. The number of benzene rings is 1. The van der Waals surface area contributed by atoms with Gasteiger partial charge in [0.05, 0.1) is 17.0 Å². The monoisotopic (exact) mass is 279 g/mol. The number of nitrogen functional groups attached to an aromatic ring is 1. The van der Waals surface area contributed by atoms with Gasteiger partial charge in [0.1, 0.15) is 0 Å². The molecule has 0 aliphatic rings. The van der Waals surface area contributed by atoms with Gasteiger partial charge in [0.15, 0.2) is 11.6 Å². The molecule has 2 aromatic rings. The summed E-state index contributed by atoms with van der Waals surface area (Å²) in [5.41, 5.74) is 6.30. The molecule has 1 aromatic heterocycles. The fourth-order valence-corrected chi connectivity index (χ4v) is 1.44.